The fourth-order valence-corrected chi connectivity index (χ4v) is 2.62. The molecule has 0 bridgehead atoms. The van der Waals surface area contributed by atoms with Gasteiger partial charge < -0.3 is 15.8 Å². The molecule has 21 heavy (non-hydrogen) atoms. The SMILES string of the molecule is CC(C)CCNC(N)=NCCCCCOC1CCCCC1. The van der Waals surface area contributed by atoms with Crippen molar-refractivity contribution in [3.63, 3.8) is 0 Å². The summed E-state index contributed by atoms with van der Waals surface area (Å²) in [5.41, 5.74) is 5.81. The van der Waals surface area contributed by atoms with Gasteiger partial charge in [0.15, 0.2) is 5.96 Å². The van der Waals surface area contributed by atoms with Crippen LogP contribution in [0.25, 0.3) is 0 Å². The zero-order valence-corrected chi connectivity index (χ0v) is 14.1. The number of aliphatic imine (C=N–C) groups is 1. The van der Waals surface area contributed by atoms with Crippen molar-refractivity contribution in [2.75, 3.05) is 19.7 Å². The number of hydrogen-bond acceptors (Lipinski definition) is 2. The van der Waals surface area contributed by atoms with Crippen LogP contribution in [0, 0.1) is 5.92 Å². The van der Waals surface area contributed by atoms with E-state index in [1.54, 1.807) is 0 Å². The van der Waals surface area contributed by atoms with E-state index in [4.69, 9.17) is 10.5 Å². The molecule has 1 rings (SSSR count). The minimum Gasteiger partial charge on any atom is -0.378 e. The van der Waals surface area contributed by atoms with E-state index in [2.05, 4.69) is 24.2 Å². The van der Waals surface area contributed by atoms with E-state index in [0.29, 0.717) is 18.0 Å². The third-order valence-electron chi connectivity index (χ3n) is 4.02. The Morgan fingerprint density at radius 1 is 1.19 bits per heavy atom. The summed E-state index contributed by atoms with van der Waals surface area (Å²) in [6.45, 7) is 7.08. The van der Waals surface area contributed by atoms with Crippen molar-refractivity contribution in [3.05, 3.63) is 0 Å². The predicted octanol–water partition coefficient (Wildman–Crippen LogP) is 3.46. The first-order valence-electron chi connectivity index (χ1n) is 8.84. The van der Waals surface area contributed by atoms with Crippen molar-refractivity contribution in [1.29, 1.82) is 0 Å². The fourth-order valence-electron chi connectivity index (χ4n) is 2.62. The number of hydrogen-bond donors (Lipinski definition) is 2. The van der Waals surface area contributed by atoms with E-state index >= 15 is 0 Å². The summed E-state index contributed by atoms with van der Waals surface area (Å²) in [7, 11) is 0. The van der Waals surface area contributed by atoms with E-state index in [9.17, 15) is 0 Å². The van der Waals surface area contributed by atoms with Crippen LogP contribution in [-0.4, -0.2) is 31.8 Å². The maximum absolute atomic E-state index is 5.91. The monoisotopic (exact) mass is 297 g/mol. The number of nitrogens with one attached hydrogen (secondary N) is 1. The first kappa shape index (κ1) is 18.3. The molecule has 0 radical (unpaired) electrons. The minimum absolute atomic E-state index is 0.539. The van der Waals surface area contributed by atoms with Crippen molar-refractivity contribution >= 4 is 5.96 Å². The second-order valence-electron chi connectivity index (χ2n) is 6.57. The Morgan fingerprint density at radius 2 is 1.95 bits per heavy atom. The number of nitrogens with zero attached hydrogens (tertiary/aromatic N) is 1. The molecule has 0 heterocycles. The molecule has 3 N–H and O–H groups in total. The summed E-state index contributed by atoms with van der Waals surface area (Å²) in [6, 6.07) is 0. The molecule has 0 amide bonds. The average molecular weight is 297 g/mol. The van der Waals surface area contributed by atoms with Crippen LogP contribution >= 0.6 is 0 Å². The summed E-state index contributed by atoms with van der Waals surface area (Å²) in [6.07, 6.45) is 11.7. The Labute approximate surface area is 130 Å². The first-order valence-corrected chi connectivity index (χ1v) is 8.84. The number of ether oxygens (including phenoxy) is 1. The van der Waals surface area contributed by atoms with Crippen LogP contribution in [0.5, 0.6) is 0 Å². The lowest BCUT2D eigenvalue weighted by Crippen LogP contribution is -2.33. The third kappa shape index (κ3) is 10.6. The zero-order valence-electron chi connectivity index (χ0n) is 14.1. The number of unbranched alkanes of at least 4 members (excludes halogenated alkanes) is 2. The highest BCUT2D eigenvalue weighted by molar-refractivity contribution is 5.77. The van der Waals surface area contributed by atoms with Crippen LogP contribution in [0.15, 0.2) is 4.99 Å². The van der Waals surface area contributed by atoms with E-state index in [1.807, 2.05) is 0 Å². The van der Waals surface area contributed by atoms with Crippen LogP contribution in [0.1, 0.15) is 71.6 Å². The third-order valence-corrected chi connectivity index (χ3v) is 4.02. The van der Waals surface area contributed by atoms with Gasteiger partial charge in [-0.05, 0) is 44.4 Å². The standard InChI is InChI=1S/C17H35N3O/c1-15(2)11-13-20-17(18)19-12-7-4-8-14-21-16-9-5-3-6-10-16/h15-16H,3-14H2,1-2H3,(H3,18,19,20). The van der Waals surface area contributed by atoms with E-state index in [1.165, 1.54) is 38.5 Å². The van der Waals surface area contributed by atoms with Gasteiger partial charge in [-0.3, -0.25) is 4.99 Å². The van der Waals surface area contributed by atoms with Gasteiger partial charge in [0.2, 0.25) is 0 Å². The molecule has 0 atom stereocenters. The van der Waals surface area contributed by atoms with Gasteiger partial charge in [-0.2, -0.15) is 0 Å². The highest BCUT2D eigenvalue weighted by Gasteiger charge is 2.12. The van der Waals surface area contributed by atoms with Crippen LogP contribution in [0.2, 0.25) is 0 Å². The summed E-state index contributed by atoms with van der Waals surface area (Å²) in [5, 5.41) is 3.16. The molecule has 0 saturated heterocycles. The van der Waals surface area contributed by atoms with Crippen molar-refractivity contribution in [1.82, 2.24) is 5.32 Å². The lowest BCUT2D eigenvalue weighted by Gasteiger charge is -2.21. The lowest BCUT2D eigenvalue weighted by atomic mass is 9.98. The van der Waals surface area contributed by atoms with Crippen molar-refractivity contribution < 1.29 is 4.74 Å². The Kier molecular flexibility index (Phi) is 10.3. The van der Waals surface area contributed by atoms with E-state index in [-0.39, 0.29) is 0 Å². The highest BCUT2D eigenvalue weighted by Crippen LogP contribution is 2.20. The molecule has 4 heteroatoms. The molecule has 0 aromatic rings. The topological polar surface area (TPSA) is 59.6 Å². The van der Waals surface area contributed by atoms with Crippen LogP contribution in [0.3, 0.4) is 0 Å². The van der Waals surface area contributed by atoms with Gasteiger partial charge in [-0.15, -0.1) is 0 Å². The molecule has 4 nitrogen and oxygen atoms in total. The number of nitrogens with two attached hydrogens (primary N) is 1. The smallest absolute Gasteiger partial charge is 0.188 e. The van der Waals surface area contributed by atoms with Crippen molar-refractivity contribution in [2.24, 2.45) is 16.6 Å². The van der Waals surface area contributed by atoms with Crippen LogP contribution < -0.4 is 11.1 Å². The Hall–Kier alpha value is -0.770. The van der Waals surface area contributed by atoms with Gasteiger partial charge in [0.25, 0.3) is 0 Å². The van der Waals surface area contributed by atoms with Crippen LogP contribution in [0.4, 0.5) is 0 Å². The minimum atomic E-state index is 0.539. The Bertz CT molecular complexity index is 273. The van der Waals surface area contributed by atoms with Gasteiger partial charge >= 0.3 is 0 Å². The van der Waals surface area contributed by atoms with Crippen molar-refractivity contribution in [3.8, 4) is 0 Å². The van der Waals surface area contributed by atoms with Crippen molar-refractivity contribution in [2.45, 2.75) is 77.7 Å². The maximum Gasteiger partial charge on any atom is 0.188 e. The summed E-state index contributed by atoms with van der Waals surface area (Å²) in [4.78, 5) is 4.35. The molecule has 1 aliphatic carbocycles. The maximum atomic E-state index is 5.91. The largest absolute Gasteiger partial charge is 0.378 e. The van der Waals surface area contributed by atoms with Gasteiger partial charge in [-0.1, -0.05) is 33.1 Å². The van der Waals surface area contributed by atoms with Gasteiger partial charge in [-0.25, -0.2) is 0 Å². The van der Waals surface area contributed by atoms with Crippen LogP contribution in [-0.2, 0) is 4.74 Å². The molecule has 1 saturated carbocycles. The molecule has 0 spiro atoms. The second kappa shape index (κ2) is 11.8. The Morgan fingerprint density at radius 3 is 2.67 bits per heavy atom. The molecule has 0 aliphatic heterocycles. The first-order chi connectivity index (χ1) is 10.2. The molecule has 1 fully saturated rings. The fraction of sp³-hybridized carbons (Fsp3) is 0.941. The molecule has 1 aliphatic rings. The number of rotatable bonds is 10. The summed E-state index contributed by atoms with van der Waals surface area (Å²) < 4.78 is 5.91. The lowest BCUT2D eigenvalue weighted by molar-refractivity contribution is 0.0264. The summed E-state index contributed by atoms with van der Waals surface area (Å²) in [5.74, 6) is 1.29. The van der Waals surface area contributed by atoms with E-state index < -0.39 is 0 Å². The highest BCUT2D eigenvalue weighted by atomic mass is 16.5. The molecule has 0 aromatic carbocycles. The molecular formula is C17H35N3O. The Balaban J connectivity index is 1.88. The summed E-state index contributed by atoms with van der Waals surface area (Å²) >= 11 is 0. The zero-order chi connectivity index (χ0) is 15.3. The second-order valence-corrected chi connectivity index (χ2v) is 6.57. The van der Waals surface area contributed by atoms with Gasteiger partial charge in [0.1, 0.15) is 0 Å². The number of guanidine groups is 1. The normalized spacial score (nSPS) is 17.4. The average Bonchev–Trinajstić information content (AvgIpc) is 2.47. The quantitative estimate of drug-likeness (QED) is 0.369. The molecule has 124 valence electrons. The van der Waals surface area contributed by atoms with Gasteiger partial charge in [0, 0.05) is 19.7 Å². The van der Waals surface area contributed by atoms with Gasteiger partial charge in [0.05, 0.1) is 6.10 Å². The molecule has 0 unspecified atom stereocenters. The molecule has 0 aromatic heterocycles. The molecular weight excluding hydrogens is 262 g/mol. The predicted molar refractivity (Wildman–Crippen MR) is 90.6 cm³/mol. The van der Waals surface area contributed by atoms with E-state index in [0.717, 1.165) is 39.0 Å².